The van der Waals surface area contributed by atoms with Crippen LogP contribution in [0.5, 0.6) is 0 Å². The highest BCUT2D eigenvalue weighted by Gasteiger charge is 2.40. The van der Waals surface area contributed by atoms with Crippen molar-refractivity contribution in [2.24, 2.45) is 0 Å². The molecule has 1 aliphatic rings. The maximum absolute atomic E-state index is 13.3. The van der Waals surface area contributed by atoms with Gasteiger partial charge in [0.1, 0.15) is 11.5 Å². The van der Waals surface area contributed by atoms with Gasteiger partial charge in [0.15, 0.2) is 0 Å². The Kier molecular flexibility index (Phi) is 5.09. The summed E-state index contributed by atoms with van der Waals surface area (Å²) in [6.45, 7) is 0. The van der Waals surface area contributed by atoms with Crippen molar-refractivity contribution in [2.45, 2.75) is 0 Å². The lowest BCUT2D eigenvalue weighted by Crippen LogP contribution is -2.32. The highest BCUT2D eigenvalue weighted by Crippen LogP contribution is 2.35. The van der Waals surface area contributed by atoms with Gasteiger partial charge in [-0.05, 0) is 48.0 Å². The Morgan fingerprint density at radius 1 is 0.793 bits per heavy atom. The molecule has 1 aliphatic heterocycles. The number of hydrogen-bond donors (Lipinski definition) is 1. The van der Waals surface area contributed by atoms with Crippen molar-refractivity contribution in [2.75, 3.05) is 10.2 Å². The summed E-state index contributed by atoms with van der Waals surface area (Å²) >= 11 is 12.1. The first-order valence-corrected chi connectivity index (χ1v) is 9.37. The van der Waals surface area contributed by atoms with Crippen molar-refractivity contribution in [3.8, 4) is 0 Å². The predicted octanol–water partition coefficient (Wildman–Crippen LogP) is 5.53. The summed E-state index contributed by atoms with van der Waals surface area (Å²) in [5.41, 5.74) is 1.61. The third-order valence-corrected chi connectivity index (χ3v) is 4.80. The van der Waals surface area contributed by atoms with Gasteiger partial charge in [0.05, 0.1) is 11.3 Å². The van der Waals surface area contributed by atoms with Crippen LogP contribution in [0.2, 0.25) is 10.0 Å². The van der Waals surface area contributed by atoms with Gasteiger partial charge in [-0.15, -0.1) is 0 Å². The summed E-state index contributed by atoms with van der Waals surface area (Å²) < 4.78 is 13.2. The third kappa shape index (κ3) is 3.75. The molecule has 0 fully saturated rings. The molecule has 3 aromatic rings. The van der Waals surface area contributed by atoms with Crippen molar-refractivity contribution in [3.05, 3.63) is 99.9 Å². The molecule has 0 atom stereocenters. The summed E-state index contributed by atoms with van der Waals surface area (Å²) in [4.78, 5) is 27.5. The fourth-order valence-electron chi connectivity index (χ4n) is 3.10. The van der Waals surface area contributed by atoms with Crippen molar-refractivity contribution in [3.63, 3.8) is 0 Å². The number of benzene rings is 3. The number of rotatable bonds is 4. The Labute approximate surface area is 176 Å². The minimum Gasteiger partial charge on any atom is -0.350 e. The molecule has 0 aromatic heterocycles. The van der Waals surface area contributed by atoms with Crippen LogP contribution in [0.1, 0.15) is 5.56 Å². The van der Waals surface area contributed by atoms with Gasteiger partial charge in [0.2, 0.25) is 0 Å². The molecule has 144 valence electrons. The van der Waals surface area contributed by atoms with E-state index in [1.54, 1.807) is 24.3 Å². The summed E-state index contributed by atoms with van der Waals surface area (Å²) in [6, 6.07) is 18.8. The molecular formula is C22H13Cl2FN2O2. The summed E-state index contributed by atoms with van der Waals surface area (Å²) in [5.74, 6) is -1.47. The van der Waals surface area contributed by atoms with E-state index in [4.69, 9.17) is 23.2 Å². The van der Waals surface area contributed by atoms with Gasteiger partial charge in [-0.2, -0.15) is 0 Å². The van der Waals surface area contributed by atoms with E-state index in [2.05, 4.69) is 5.32 Å². The lowest BCUT2D eigenvalue weighted by Gasteiger charge is -2.16. The van der Waals surface area contributed by atoms with Crippen LogP contribution >= 0.6 is 23.2 Å². The average molecular weight is 427 g/mol. The van der Waals surface area contributed by atoms with E-state index in [1.165, 1.54) is 42.5 Å². The Morgan fingerprint density at radius 2 is 1.41 bits per heavy atom. The molecule has 4 nitrogen and oxygen atoms in total. The first kappa shape index (κ1) is 19.2. The molecule has 0 bridgehead atoms. The topological polar surface area (TPSA) is 49.4 Å². The zero-order valence-corrected chi connectivity index (χ0v) is 16.3. The molecule has 1 N–H and O–H groups in total. The number of hydrogen-bond acceptors (Lipinski definition) is 3. The summed E-state index contributed by atoms with van der Waals surface area (Å²) in [7, 11) is 0. The molecule has 1 heterocycles. The molecule has 0 aliphatic carbocycles. The zero-order chi connectivity index (χ0) is 20.5. The molecule has 0 spiro atoms. The predicted molar refractivity (Wildman–Crippen MR) is 112 cm³/mol. The van der Waals surface area contributed by atoms with Crippen LogP contribution in [0, 0.1) is 5.82 Å². The van der Waals surface area contributed by atoms with Gasteiger partial charge in [-0.25, -0.2) is 9.29 Å². The second-order valence-electron chi connectivity index (χ2n) is 6.32. The van der Waals surface area contributed by atoms with E-state index in [-0.39, 0.29) is 17.0 Å². The molecule has 0 saturated heterocycles. The van der Waals surface area contributed by atoms with Crippen LogP contribution < -0.4 is 10.2 Å². The van der Waals surface area contributed by atoms with Gasteiger partial charge in [-0.3, -0.25) is 9.59 Å². The largest absolute Gasteiger partial charge is 0.350 e. The maximum Gasteiger partial charge on any atom is 0.282 e. The Hall–Kier alpha value is -3.15. The molecule has 4 rings (SSSR count). The molecule has 29 heavy (non-hydrogen) atoms. The van der Waals surface area contributed by atoms with Crippen molar-refractivity contribution >= 4 is 52.0 Å². The summed E-state index contributed by atoms with van der Waals surface area (Å²) in [6.07, 6.45) is 0. The molecular weight excluding hydrogens is 414 g/mol. The van der Waals surface area contributed by atoms with Crippen LogP contribution in [0.4, 0.5) is 15.8 Å². The van der Waals surface area contributed by atoms with Crippen LogP contribution in [0.15, 0.2) is 78.5 Å². The lowest BCUT2D eigenvalue weighted by molar-refractivity contribution is -0.120. The molecule has 7 heteroatoms. The highest BCUT2D eigenvalue weighted by atomic mass is 35.5. The Morgan fingerprint density at radius 3 is 2.03 bits per heavy atom. The number of carbonyl (C=O) groups excluding carboxylic acids is 2. The molecule has 0 saturated carbocycles. The van der Waals surface area contributed by atoms with E-state index in [0.29, 0.717) is 21.3 Å². The number of imide groups is 1. The van der Waals surface area contributed by atoms with E-state index < -0.39 is 17.6 Å². The smallest absolute Gasteiger partial charge is 0.282 e. The van der Waals surface area contributed by atoms with Gasteiger partial charge in [0.25, 0.3) is 11.8 Å². The second-order valence-corrected chi connectivity index (χ2v) is 7.19. The van der Waals surface area contributed by atoms with Crippen molar-refractivity contribution in [1.82, 2.24) is 0 Å². The first-order valence-electron chi connectivity index (χ1n) is 8.61. The third-order valence-electron chi connectivity index (χ3n) is 4.37. The summed E-state index contributed by atoms with van der Waals surface area (Å²) in [5, 5.41) is 3.56. The highest BCUT2D eigenvalue weighted by molar-refractivity contribution is 6.46. The molecule has 3 aromatic carbocycles. The maximum atomic E-state index is 13.3. The van der Waals surface area contributed by atoms with Gasteiger partial charge >= 0.3 is 0 Å². The number of amides is 2. The molecule has 0 radical (unpaired) electrons. The first-order chi connectivity index (χ1) is 13.9. The van der Waals surface area contributed by atoms with Crippen LogP contribution in [0.25, 0.3) is 5.57 Å². The fourth-order valence-corrected chi connectivity index (χ4v) is 3.61. The lowest BCUT2D eigenvalue weighted by atomic mass is 10.0. The average Bonchev–Trinajstić information content (AvgIpc) is 2.93. The van der Waals surface area contributed by atoms with Crippen molar-refractivity contribution in [1.29, 1.82) is 0 Å². The number of nitrogens with one attached hydrogen (secondary N) is 1. The van der Waals surface area contributed by atoms with E-state index in [9.17, 15) is 14.0 Å². The quantitative estimate of drug-likeness (QED) is 0.558. The minimum absolute atomic E-state index is 0.0870. The molecule has 2 amide bonds. The van der Waals surface area contributed by atoms with Crippen LogP contribution in [-0.2, 0) is 9.59 Å². The van der Waals surface area contributed by atoms with Gasteiger partial charge in [0, 0.05) is 15.7 Å². The van der Waals surface area contributed by atoms with E-state index in [0.717, 1.165) is 4.90 Å². The number of halogens is 3. The SMILES string of the molecule is O=C1C(Nc2ccc(F)cc2)=C(c2ccccc2)C(=O)N1c1cc(Cl)cc(Cl)c1. The standard InChI is InChI=1S/C22H13Cl2FN2O2/c23-14-10-15(24)12-18(11-14)27-21(28)19(13-4-2-1-3-5-13)20(22(27)29)26-17-8-6-16(25)7-9-17/h1-12,26H. The Bertz CT molecular complexity index is 1120. The molecule has 0 unspecified atom stereocenters. The van der Waals surface area contributed by atoms with Crippen molar-refractivity contribution < 1.29 is 14.0 Å². The van der Waals surface area contributed by atoms with E-state index >= 15 is 0 Å². The number of carbonyl (C=O) groups is 2. The number of anilines is 2. The van der Waals surface area contributed by atoms with Crippen LogP contribution in [0.3, 0.4) is 0 Å². The number of nitrogens with zero attached hydrogens (tertiary/aromatic N) is 1. The fraction of sp³-hybridized carbons (Fsp3) is 0. The minimum atomic E-state index is -0.559. The Balaban J connectivity index is 1.82. The van der Waals surface area contributed by atoms with E-state index in [1.807, 2.05) is 6.07 Å². The monoisotopic (exact) mass is 426 g/mol. The van der Waals surface area contributed by atoms with Crippen LogP contribution in [-0.4, -0.2) is 11.8 Å². The second kappa shape index (κ2) is 7.70. The zero-order valence-electron chi connectivity index (χ0n) is 14.8. The van der Waals surface area contributed by atoms with Gasteiger partial charge < -0.3 is 5.32 Å². The normalized spacial score (nSPS) is 14.0. The van der Waals surface area contributed by atoms with Gasteiger partial charge in [-0.1, -0.05) is 53.5 Å².